The summed E-state index contributed by atoms with van der Waals surface area (Å²) >= 11 is 0. The molecular formula is C23H22N4O5. The summed E-state index contributed by atoms with van der Waals surface area (Å²) in [6, 6.07) is 12.9. The number of aryl methyl sites for hydroxylation is 1. The van der Waals surface area contributed by atoms with Crippen LogP contribution in [0.15, 0.2) is 60.0 Å². The smallest absolute Gasteiger partial charge is 0.342 e. The second-order valence-corrected chi connectivity index (χ2v) is 7.75. The maximum absolute atomic E-state index is 13.0. The Bertz CT molecular complexity index is 1270. The molecule has 1 amide bonds. The molecule has 4 rings (SSSR count). The van der Waals surface area contributed by atoms with Crippen LogP contribution in [0.5, 0.6) is 0 Å². The molecule has 0 aliphatic carbocycles. The van der Waals surface area contributed by atoms with Gasteiger partial charge >= 0.3 is 5.82 Å². The Morgan fingerprint density at radius 1 is 1.19 bits per heavy atom. The van der Waals surface area contributed by atoms with Gasteiger partial charge in [-0.05, 0) is 28.2 Å². The molecule has 0 fully saturated rings. The minimum Gasteiger partial charge on any atom is -0.509 e. The van der Waals surface area contributed by atoms with Crippen LogP contribution in [0.1, 0.15) is 18.3 Å². The highest BCUT2D eigenvalue weighted by Crippen LogP contribution is 2.30. The number of imidazole rings is 1. The van der Waals surface area contributed by atoms with Crippen molar-refractivity contribution in [3.8, 4) is 0 Å². The fraction of sp³-hybridized carbons (Fsp3) is 0.261. The van der Waals surface area contributed by atoms with Gasteiger partial charge in [-0.25, -0.2) is 9.55 Å². The summed E-state index contributed by atoms with van der Waals surface area (Å²) < 4.78 is 1.41. The molecule has 1 aliphatic heterocycles. The summed E-state index contributed by atoms with van der Waals surface area (Å²) in [6.45, 7) is 3.07. The van der Waals surface area contributed by atoms with Gasteiger partial charge in [0.1, 0.15) is 24.1 Å². The summed E-state index contributed by atoms with van der Waals surface area (Å²) in [4.78, 5) is 41.3. The molecular weight excluding hydrogens is 412 g/mol. The number of hydrogen-bond acceptors (Lipinski definition) is 6. The Hall–Kier alpha value is -4.01. The Labute approximate surface area is 183 Å². The summed E-state index contributed by atoms with van der Waals surface area (Å²) in [5.41, 5.74) is 0.694. The number of Topliss-reactive ketones (excluding diaryl/α,β-unsaturated/α-hetero) is 1. The number of aromatic nitrogens is 2. The van der Waals surface area contributed by atoms with Crippen LogP contribution in [0, 0.1) is 17.0 Å². The maximum atomic E-state index is 13.0. The molecule has 0 saturated heterocycles. The van der Waals surface area contributed by atoms with Crippen molar-refractivity contribution in [2.24, 2.45) is 0 Å². The number of nitro groups is 1. The van der Waals surface area contributed by atoms with Crippen LogP contribution in [-0.4, -0.2) is 48.8 Å². The van der Waals surface area contributed by atoms with Crippen LogP contribution >= 0.6 is 0 Å². The van der Waals surface area contributed by atoms with Gasteiger partial charge in [0.25, 0.3) is 5.91 Å². The lowest BCUT2D eigenvalue weighted by molar-refractivity contribution is -0.392. The summed E-state index contributed by atoms with van der Waals surface area (Å²) in [5.74, 6) is -1.07. The topological polar surface area (TPSA) is 119 Å². The molecule has 9 heteroatoms. The molecule has 32 heavy (non-hydrogen) atoms. The minimum atomic E-state index is -0.741. The lowest BCUT2D eigenvalue weighted by Gasteiger charge is -2.25. The molecule has 2 heterocycles. The monoisotopic (exact) mass is 434 g/mol. The number of aliphatic hydroxyl groups excluding tert-OH is 1. The first-order valence-corrected chi connectivity index (χ1v) is 10.2. The molecule has 1 aliphatic rings. The first-order chi connectivity index (χ1) is 15.3. The number of amides is 1. The molecule has 1 atom stereocenters. The van der Waals surface area contributed by atoms with Gasteiger partial charge in [0.2, 0.25) is 0 Å². The Kier molecular flexibility index (Phi) is 5.48. The molecule has 3 aromatic rings. The molecule has 0 radical (unpaired) electrons. The van der Waals surface area contributed by atoms with E-state index in [2.05, 4.69) is 4.98 Å². The van der Waals surface area contributed by atoms with E-state index in [1.807, 2.05) is 42.5 Å². The number of ketones is 1. The normalized spacial score (nSPS) is 16.2. The van der Waals surface area contributed by atoms with Gasteiger partial charge < -0.3 is 20.1 Å². The van der Waals surface area contributed by atoms with Crippen LogP contribution in [0.25, 0.3) is 10.8 Å². The average molecular weight is 434 g/mol. The molecule has 2 aromatic carbocycles. The van der Waals surface area contributed by atoms with E-state index >= 15 is 0 Å². The number of carbonyl (C=O) groups is 2. The molecule has 164 valence electrons. The second-order valence-electron chi connectivity index (χ2n) is 7.75. The number of hydrogen-bond donors (Lipinski definition) is 1. The summed E-state index contributed by atoms with van der Waals surface area (Å²) in [6.07, 6.45) is 1.48. The first-order valence-electron chi connectivity index (χ1n) is 10.2. The third-order valence-corrected chi connectivity index (χ3v) is 5.85. The van der Waals surface area contributed by atoms with E-state index < -0.39 is 22.7 Å². The van der Waals surface area contributed by atoms with Gasteiger partial charge in [0.05, 0.1) is 12.6 Å². The van der Waals surface area contributed by atoms with Gasteiger partial charge in [-0.3, -0.25) is 9.59 Å². The fourth-order valence-electron chi connectivity index (χ4n) is 4.27. The molecule has 9 nitrogen and oxygen atoms in total. The van der Waals surface area contributed by atoms with Crippen molar-refractivity contribution >= 4 is 28.3 Å². The van der Waals surface area contributed by atoms with Crippen LogP contribution in [0.4, 0.5) is 5.82 Å². The highest BCUT2D eigenvalue weighted by atomic mass is 16.6. The first kappa shape index (κ1) is 21.2. The SMILES string of the molecule is CC(=O)C1=C(O)C(Cc2cccc3ccccc23)N(CCn2c([N+](=O)[O-])cnc2C)C1=O. The van der Waals surface area contributed by atoms with E-state index in [0.29, 0.717) is 12.2 Å². The van der Waals surface area contributed by atoms with E-state index in [0.717, 1.165) is 16.3 Å². The highest BCUT2D eigenvalue weighted by Gasteiger charge is 2.41. The van der Waals surface area contributed by atoms with Crippen molar-refractivity contribution in [1.29, 1.82) is 0 Å². The van der Waals surface area contributed by atoms with Crippen LogP contribution in [0.2, 0.25) is 0 Å². The molecule has 1 aromatic heterocycles. The third kappa shape index (κ3) is 3.62. The van der Waals surface area contributed by atoms with Crippen molar-refractivity contribution in [2.45, 2.75) is 32.9 Å². The van der Waals surface area contributed by atoms with E-state index in [1.54, 1.807) is 6.92 Å². The van der Waals surface area contributed by atoms with E-state index in [9.17, 15) is 24.8 Å². The van der Waals surface area contributed by atoms with Crippen molar-refractivity contribution in [3.63, 3.8) is 0 Å². The summed E-state index contributed by atoms with van der Waals surface area (Å²) in [5, 5.41) is 24.1. The predicted molar refractivity (Wildman–Crippen MR) is 117 cm³/mol. The van der Waals surface area contributed by atoms with Crippen molar-refractivity contribution in [3.05, 3.63) is 81.5 Å². The number of aliphatic hydroxyl groups is 1. The van der Waals surface area contributed by atoms with E-state index in [-0.39, 0.29) is 30.2 Å². The number of benzene rings is 2. The summed E-state index contributed by atoms with van der Waals surface area (Å²) in [7, 11) is 0. The fourth-order valence-corrected chi connectivity index (χ4v) is 4.27. The maximum Gasteiger partial charge on any atom is 0.342 e. The van der Waals surface area contributed by atoms with Crippen molar-refractivity contribution in [2.75, 3.05) is 6.54 Å². The quantitative estimate of drug-likeness (QED) is 0.347. The Morgan fingerprint density at radius 2 is 1.91 bits per heavy atom. The lowest BCUT2D eigenvalue weighted by atomic mass is 9.97. The van der Waals surface area contributed by atoms with Crippen LogP contribution < -0.4 is 0 Å². The van der Waals surface area contributed by atoms with Crippen molar-refractivity contribution in [1.82, 2.24) is 14.5 Å². The highest BCUT2D eigenvalue weighted by molar-refractivity contribution is 6.20. The van der Waals surface area contributed by atoms with Gasteiger partial charge in [0.15, 0.2) is 11.6 Å². The van der Waals surface area contributed by atoms with Crippen LogP contribution in [-0.2, 0) is 22.6 Å². The van der Waals surface area contributed by atoms with Gasteiger partial charge in [0, 0.05) is 13.3 Å². The third-order valence-electron chi connectivity index (χ3n) is 5.85. The van der Waals surface area contributed by atoms with E-state index in [4.69, 9.17) is 0 Å². The van der Waals surface area contributed by atoms with Crippen LogP contribution in [0.3, 0.4) is 0 Å². The molecule has 0 bridgehead atoms. The number of fused-ring (bicyclic) bond motifs is 1. The zero-order valence-corrected chi connectivity index (χ0v) is 17.7. The van der Waals surface area contributed by atoms with Gasteiger partial charge in [-0.2, -0.15) is 0 Å². The van der Waals surface area contributed by atoms with Crippen molar-refractivity contribution < 1.29 is 19.6 Å². The predicted octanol–water partition coefficient (Wildman–Crippen LogP) is 3.11. The zero-order chi connectivity index (χ0) is 23.0. The zero-order valence-electron chi connectivity index (χ0n) is 17.7. The molecule has 0 saturated carbocycles. The van der Waals surface area contributed by atoms with Gasteiger partial charge in [-0.15, -0.1) is 0 Å². The molecule has 1 unspecified atom stereocenters. The van der Waals surface area contributed by atoms with E-state index in [1.165, 1.54) is 22.6 Å². The minimum absolute atomic E-state index is 0.0765. The standard InChI is InChI=1S/C23H22N4O5/c1-14(28)21-22(29)19(12-17-8-5-7-16-6-3-4-9-18(16)17)26(23(21)30)11-10-25-15(2)24-13-20(25)27(31)32/h3-9,13,19,29H,10-12H2,1-2H3. The van der Waals surface area contributed by atoms with Gasteiger partial charge in [-0.1, -0.05) is 42.5 Å². The lowest BCUT2D eigenvalue weighted by Crippen LogP contribution is -2.40. The Morgan fingerprint density at radius 3 is 2.62 bits per heavy atom. The second kappa shape index (κ2) is 8.26. The molecule has 1 N–H and O–H groups in total. The average Bonchev–Trinajstić information content (AvgIpc) is 3.23. The Balaban J connectivity index is 1.68. The largest absolute Gasteiger partial charge is 0.509 e. The number of rotatable bonds is 7. The number of carbonyl (C=O) groups excluding carboxylic acids is 2. The number of nitrogens with zero attached hydrogens (tertiary/aromatic N) is 4. The molecule has 0 spiro atoms.